The lowest BCUT2D eigenvalue weighted by atomic mass is 9.98. The van der Waals surface area contributed by atoms with Crippen LogP contribution in [0.2, 0.25) is 0 Å². The van der Waals surface area contributed by atoms with E-state index in [0.717, 1.165) is 6.07 Å². The molecule has 4 aromatic rings. The van der Waals surface area contributed by atoms with Crippen molar-refractivity contribution in [1.82, 2.24) is 20.3 Å². The average molecular weight is 635 g/mol. The fraction of sp³-hybridized carbons (Fsp3) is 0.276. The van der Waals surface area contributed by atoms with Gasteiger partial charge in [0.15, 0.2) is 17.4 Å². The van der Waals surface area contributed by atoms with Crippen molar-refractivity contribution >= 4 is 21.7 Å². The summed E-state index contributed by atoms with van der Waals surface area (Å²) in [5.74, 6) is -7.73. The smallest absolute Gasteiger partial charge is 0.237 e. The van der Waals surface area contributed by atoms with Gasteiger partial charge in [-0.25, -0.2) is 40.9 Å². The lowest BCUT2D eigenvalue weighted by molar-refractivity contribution is 0.220. The van der Waals surface area contributed by atoms with E-state index in [1.165, 1.54) is 36.7 Å². The highest BCUT2D eigenvalue weighted by atomic mass is 32.2. The molecule has 232 valence electrons. The Labute approximate surface area is 250 Å². The third-order valence-corrected chi connectivity index (χ3v) is 7.99. The van der Waals surface area contributed by atoms with Gasteiger partial charge in [0, 0.05) is 37.1 Å². The molecule has 3 heterocycles. The number of nitrogens with zero attached hydrogens (tertiary/aromatic N) is 3. The number of pyridine rings is 1. The molecule has 1 saturated heterocycles. The first-order valence-electron chi connectivity index (χ1n) is 13.5. The molecule has 2 atom stereocenters. The minimum absolute atomic E-state index is 0.0206. The molecule has 0 spiro atoms. The number of aromatic nitrogens is 3. The minimum atomic E-state index is -4.55. The van der Waals surface area contributed by atoms with Gasteiger partial charge in [-0.3, -0.25) is 4.72 Å². The molecule has 1 fully saturated rings. The predicted molar refractivity (Wildman–Crippen MR) is 153 cm³/mol. The van der Waals surface area contributed by atoms with Crippen molar-refractivity contribution in [1.29, 1.82) is 0 Å². The van der Waals surface area contributed by atoms with Gasteiger partial charge in [-0.1, -0.05) is 12.1 Å². The number of anilines is 2. The van der Waals surface area contributed by atoms with E-state index in [9.17, 15) is 26.0 Å². The molecule has 44 heavy (non-hydrogen) atoms. The summed E-state index contributed by atoms with van der Waals surface area (Å²) in [6.07, 6.45) is 2.21. The van der Waals surface area contributed by atoms with Crippen molar-refractivity contribution in [3.63, 3.8) is 0 Å². The Bertz CT molecular complexity index is 1780. The molecule has 2 aromatic heterocycles. The SMILES string of the molecule is Cc1ccc(CS(=O)(=O)Nc2c(F)cc(Oc3ncccc3-c3ccnc(NCC4CNC[C@@H](F)C4)n3)c(F)c2F)c(F)c1. The third-order valence-electron chi connectivity index (χ3n) is 6.78. The lowest BCUT2D eigenvalue weighted by Gasteiger charge is -2.25. The van der Waals surface area contributed by atoms with Crippen molar-refractivity contribution in [2.75, 3.05) is 29.7 Å². The molecule has 9 nitrogen and oxygen atoms in total. The van der Waals surface area contributed by atoms with E-state index < -0.39 is 56.7 Å². The summed E-state index contributed by atoms with van der Waals surface area (Å²) in [5, 5.41) is 6.07. The van der Waals surface area contributed by atoms with Crippen LogP contribution in [-0.4, -0.2) is 49.2 Å². The molecule has 1 aliphatic rings. The number of ether oxygens (including phenoxy) is 1. The van der Waals surface area contributed by atoms with Gasteiger partial charge in [0.1, 0.15) is 17.7 Å². The maximum absolute atomic E-state index is 15.1. The Hall–Kier alpha value is -4.37. The molecule has 2 aromatic carbocycles. The number of rotatable bonds is 10. The van der Waals surface area contributed by atoms with E-state index in [1.54, 1.807) is 17.7 Å². The van der Waals surface area contributed by atoms with Crippen LogP contribution in [0.5, 0.6) is 11.6 Å². The van der Waals surface area contributed by atoms with E-state index in [-0.39, 0.29) is 34.6 Å². The molecular formula is C29H27F5N6O3S. The number of aryl methyl sites for hydroxylation is 1. The molecule has 5 rings (SSSR count). The highest BCUT2D eigenvalue weighted by Crippen LogP contribution is 2.36. The number of halogens is 5. The van der Waals surface area contributed by atoms with Crippen LogP contribution in [0.15, 0.2) is 54.9 Å². The molecular weight excluding hydrogens is 607 g/mol. The quantitative estimate of drug-likeness (QED) is 0.155. The second kappa shape index (κ2) is 13.1. The fourth-order valence-electron chi connectivity index (χ4n) is 4.64. The number of piperidine rings is 1. The minimum Gasteiger partial charge on any atom is -0.435 e. The molecule has 3 N–H and O–H groups in total. The average Bonchev–Trinajstić information content (AvgIpc) is 2.99. The first kappa shape index (κ1) is 31.1. The van der Waals surface area contributed by atoms with Gasteiger partial charge in [0.2, 0.25) is 27.7 Å². The molecule has 0 radical (unpaired) electrons. The molecule has 15 heteroatoms. The maximum atomic E-state index is 15.1. The van der Waals surface area contributed by atoms with Crippen LogP contribution in [0.1, 0.15) is 17.5 Å². The highest BCUT2D eigenvalue weighted by Gasteiger charge is 2.26. The summed E-state index contributed by atoms with van der Waals surface area (Å²) in [4.78, 5) is 12.6. The van der Waals surface area contributed by atoms with Gasteiger partial charge in [-0.05, 0) is 55.6 Å². The summed E-state index contributed by atoms with van der Waals surface area (Å²) < 4.78 is 105. The maximum Gasteiger partial charge on any atom is 0.237 e. The van der Waals surface area contributed by atoms with Crippen LogP contribution in [0.3, 0.4) is 0 Å². The van der Waals surface area contributed by atoms with E-state index in [0.29, 0.717) is 37.7 Å². The van der Waals surface area contributed by atoms with E-state index in [4.69, 9.17) is 4.74 Å². The van der Waals surface area contributed by atoms with Gasteiger partial charge in [0.25, 0.3) is 0 Å². The monoisotopic (exact) mass is 634 g/mol. The zero-order chi connectivity index (χ0) is 31.4. The number of alkyl halides is 1. The van der Waals surface area contributed by atoms with Gasteiger partial charge in [-0.2, -0.15) is 4.39 Å². The van der Waals surface area contributed by atoms with Crippen LogP contribution >= 0.6 is 0 Å². The zero-order valence-electron chi connectivity index (χ0n) is 23.3. The fourth-order valence-corrected chi connectivity index (χ4v) is 5.85. The molecule has 1 unspecified atom stereocenters. The van der Waals surface area contributed by atoms with Crippen molar-refractivity contribution in [2.24, 2.45) is 5.92 Å². The second-order valence-electron chi connectivity index (χ2n) is 10.3. The van der Waals surface area contributed by atoms with Crippen molar-refractivity contribution in [3.05, 3.63) is 89.3 Å². The number of hydrogen-bond acceptors (Lipinski definition) is 8. The summed E-state index contributed by atoms with van der Waals surface area (Å²) >= 11 is 0. The summed E-state index contributed by atoms with van der Waals surface area (Å²) in [5.41, 5.74) is -0.475. The standard InChI is InChI=1S/C29H27F5N6O3S/c1-16-4-5-18(21(31)9-16)15-44(41,42)40-27-22(32)11-24(25(33)26(27)34)43-28-20(3-2-7-36-28)23-6-8-37-29(39-23)38-13-17-10-19(30)14-35-12-17/h2-9,11,17,19,35,40H,10,12-15H2,1H3,(H,37,38,39)/t17?,19-/m0/s1. The first-order chi connectivity index (χ1) is 21.0. The Morgan fingerprint density at radius 1 is 1.00 bits per heavy atom. The highest BCUT2D eigenvalue weighted by molar-refractivity contribution is 7.91. The Morgan fingerprint density at radius 3 is 2.59 bits per heavy atom. The molecule has 0 aliphatic carbocycles. The lowest BCUT2D eigenvalue weighted by Crippen LogP contribution is -2.40. The zero-order valence-corrected chi connectivity index (χ0v) is 24.1. The topological polar surface area (TPSA) is 118 Å². The molecule has 0 bridgehead atoms. The third kappa shape index (κ3) is 7.39. The van der Waals surface area contributed by atoms with Crippen molar-refractivity contribution in [3.8, 4) is 22.9 Å². The van der Waals surface area contributed by atoms with E-state index >= 15 is 4.39 Å². The summed E-state index contributed by atoms with van der Waals surface area (Å²) in [6.45, 7) is 2.97. The number of hydrogen-bond donors (Lipinski definition) is 3. The Balaban J connectivity index is 1.35. The summed E-state index contributed by atoms with van der Waals surface area (Å²) in [7, 11) is -4.55. The summed E-state index contributed by atoms with van der Waals surface area (Å²) in [6, 6.07) is 8.86. The Morgan fingerprint density at radius 2 is 1.82 bits per heavy atom. The predicted octanol–water partition coefficient (Wildman–Crippen LogP) is 5.50. The molecule has 1 aliphatic heterocycles. The first-order valence-corrected chi connectivity index (χ1v) is 15.1. The van der Waals surface area contributed by atoms with E-state index in [2.05, 4.69) is 25.6 Å². The van der Waals surface area contributed by atoms with Gasteiger partial charge in [0.05, 0.1) is 17.0 Å². The van der Waals surface area contributed by atoms with Gasteiger partial charge >= 0.3 is 0 Å². The molecule has 0 saturated carbocycles. The van der Waals surface area contributed by atoms with E-state index in [1.807, 2.05) is 0 Å². The van der Waals surface area contributed by atoms with Crippen molar-refractivity contribution < 1.29 is 35.1 Å². The second-order valence-corrected chi connectivity index (χ2v) is 12.0. The number of nitrogens with one attached hydrogen (secondary N) is 3. The normalized spacial score (nSPS) is 16.9. The van der Waals surface area contributed by atoms with Crippen LogP contribution < -0.4 is 20.1 Å². The number of sulfonamides is 1. The van der Waals surface area contributed by atoms with Crippen LogP contribution in [-0.2, 0) is 15.8 Å². The number of benzene rings is 2. The van der Waals surface area contributed by atoms with Gasteiger partial charge < -0.3 is 15.4 Å². The van der Waals surface area contributed by atoms with Crippen molar-refractivity contribution in [2.45, 2.75) is 25.3 Å². The van der Waals surface area contributed by atoms with Crippen LogP contribution in [0.25, 0.3) is 11.3 Å². The van der Waals surface area contributed by atoms with Gasteiger partial charge in [-0.15, -0.1) is 0 Å². The van der Waals surface area contributed by atoms with Crippen LogP contribution in [0.4, 0.5) is 33.6 Å². The van der Waals surface area contributed by atoms with Crippen LogP contribution in [0, 0.1) is 36.1 Å². The Kier molecular flexibility index (Phi) is 9.25. The largest absolute Gasteiger partial charge is 0.435 e. The molecule has 0 amide bonds.